The first-order valence-corrected chi connectivity index (χ1v) is 6.15. The van der Waals surface area contributed by atoms with Crippen molar-refractivity contribution in [3.05, 3.63) is 40.2 Å². The van der Waals surface area contributed by atoms with E-state index in [2.05, 4.69) is 15.4 Å². The Bertz CT molecular complexity index is 616. The summed E-state index contributed by atoms with van der Waals surface area (Å²) in [5.74, 6) is 7.67. The van der Waals surface area contributed by atoms with Crippen LogP contribution in [0.1, 0.15) is 17.0 Å². The van der Waals surface area contributed by atoms with Crippen LogP contribution < -0.4 is 16.0 Å². The van der Waals surface area contributed by atoms with Gasteiger partial charge in [-0.2, -0.15) is 4.98 Å². The summed E-state index contributed by atoms with van der Waals surface area (Å²) in [5, 5.41) is 0.612. The monoisotopic (exact) mass is 278 g/mol. The number of benzene rings is 1. The van der Waals surface area contributed by atoms with Crippen molar-refractivity contribution < 1.29 is 4.74 Å². The highest BCUT2D eigenvalue weighted by molar-refractivity contribution is 6.30. The van der Waals surface area contributed by atoms with E-state index in [1.807, 2.05) is 26.0 Å². The predicted molar refractivity (Wildman–Crippen MR) is 75.6 cm³/mol. The summed E-state index contributed by atoms with van der Waals surface area (Å²) >= 11 is 5.97. The number of hydrogen-bond acceptors (Lipinski definition) is 5. The van der Waals surface area contributed by atoms with Crippen molar-refractivity contribution in [2.75, 3.05) is 5.43 Å². The van der Waals surface area contributed by atoms with Crippen LogP contribution in [-0.2, 0) is 0 Å². The van der Waals surface area contributed by atoms with Gasteiger partial charge in [-0.1, -0.05) is 17.7 Å². The first-order valence-electron chi connectivity index (χ1n) is 5.77. The van der Waals surface area contributed by atoms with Crippen LogP contribution in [0.4, 0.5) is 5.82 Å². The van der Waals surface area contributed by atoms with E-state index in [0.717, 1.165) is 11.1 Å². The number of nitrogens with one attached hydrogen (secondary N) is 1. The Morgan fingerprint density at radius 1 is 1.21 bits per heavy atom. The van der Waals surface area contributed by atoms with Gasteiger partial charge in [0, 0.05) is 5.02 Å². The smallest absolute Gasteiger partial charge is 0.227 e. The number of rotatable bonds is 3. The van der Waals surface area contributed by atoms with E-state index >= 15 is 0 Å². The first kappa shape index (κ1) is 13.6. The molecular weight excluding hydrogens is 264 g/mol. The fourth-order valence-corrected chi connectivity index (χ4v) is 1.79. The number of nitrogen functional groups attached to an aromatic ring is 1. The number of aromatic nitrogens is 2. The van der Waals surface area contributed by atoms with Crippen LogP contribution in [0.2, 0.25) is 5.02 Å². The Balaban J connectivity index is 2.43. The minimum atomic E-state index is 0.464. The Kier molecular flexibility index (Phi) is 3.87. The number of hydrazine groups is 1. The number of anilines is 1. The molecule has 1 aromatic heterocycles. The quantitative estimate of drug-likeness (QED) is 0.666. The molecule has 5 nitrogen and oxygen atoms in total. The molecule has 3 N–H and O–H groups in total. The van der Waals surface area contributed by atoms with Crippen molar-refractivity contribution in [2.24, 2.45) is 5.84 Å². The molecule has 0 bridgehead atoms. The average molecular weight is 279 g/mol. The van der Waals surface area contributed by atoms with Crippen molar-refractivity contribution in [2.45, 2.75) is 20.8 Å². The van der Waals surface area contributed by atoms with Crippen molar-refractivity contribution in [3.8, 4) is 11.6 Å². The zero-order valence-electron chi connectivity index (χ0n) is 11.0. The number of hydrogen-bond donors (Lipinski definition) is 2. The molecule has 0 atom stereocenters. The summed E-state index contributed by atoms with van der Waals surface area (Å²) in [7, 11) is 0. The largest absolute Gasteiger partial charge is 0.438 e. The SMILES string of the molecule is Cc1nc(NN)c(C)c(Oc2cc(Cl)ccc2C)n1. The minimum Gasteiger partial charge on any atom is -0.438 e. The van der Waals surface area contributed by atoms with E-state index in [4.69, 9.17) is 22.2 Å². The fraction of sp³-hybridized carbons (Fsp3) is 0.231. The van der Waals surface area contributed by atoms with Crippen molar-refractivity contribution in [1.29, 1.82) is 0 Å². The number of nitrogens with two attached hydrogens (primary N) is 1. The van der Waals surface area contributed by atoms with Gasteiger partial charge in [0.1, 0.15) is 17.4 Å². The molecule has 2 aromatic rings. The van der Waals surface area contributed by atoms with E-state index in [1.54, 1.807) is 13.0 Å². The maximum Gasteiger partial charge on any atom is 0.227 e. The lowest BCUT2D eigenvalue weighted by Gasteiger charge is -2.13. The lowest BCUT2D eigenvalue weighted by Crippen LogP contribution is -2.12. The van der Waals surface area contributed by atoms with Gasteiger partial charge in [-0.3, -0.25) is 0 Å². The fourth-order valence-electron chi connectivity index (χ4n) is 1.63. The van der Waals surface area contributed by atoms with Gasteiger partial charge in [-0.25, -0.2) is 10.8 Å². The van der Waals surface area contributed by atoms with Gasteiger partial charge in [0.05, 0.1) is 5.56 Å². The van der Waals surface area contributed by atoms with E-state index in [9.17, 15) is 0 Å². The zero-order chi connectivity index (χ0) is 14.0. The summed E-state index contributed by atoms with van der Waals surface area (Å²) in [6.07, 6.45) is 0. The highest BCUT2D eigenvalue weighted by Crippen LogP contribution is 2.30. The number of ether oxygens (including phenoxy) is 1. The van der Waals surface area contributed by atoms with Gasteiger partial charge in [0.15, 0.2) is 0 Å². The average Bonchev–Trinajstić information content (AvgIpc) is 2.37. The summed E-state index contributed by atoms with van der Waals surface area (Å²) < 4.78 is 5.81. The third-order valence-corrected chi connectivity index (χ3v) is 2.94. The third-order valence-electron chi connectivity index (χ3n) is 2.71. The molecule has 0 saturated carbocycles. The van der Waals surface area contributed by atoms with Crippen LogP contribution in [0, 0.1) is 20.8 Å². The van der Waals surface area contributed by atoms with Crippen LogP contribution in [0.25, 0.3) is 0 Å². The molecule has 0 amide bonds. The lowest BCUT2D eigenvalue weighted by atomic mass is 10.2. The second kappa shape index (κ2) is 5.42. The van der Waals surface area contributed by atoms with E-state index in [-0.39, 0.29) is 0 Å². The maximum atomic E-state index is 5.97. The molecule has 6 heteroatoms. The third kappa shape index (κ3) is 2.94. The van der Waals surface area contributed by atoms with Gasteiger partial charge in [0.25, 0.3) is 0 Å². The summed E-state index contributed by atoms with van der Waals surface area (Å²) in [5.41, 5.74) is 4.25. The van der Waals surface area contributed by atoms with Crippen LogP contribution in [0.15, 0.2) is 18.2 Å². The highest BCUT2D eigenvalue weighted by atomic mass is 35.5. The molecule has 0 aliphatic heterocycles. The van der Waals surface area contributed by atoms with Crippen LogP contribution in [0.5, 0.6) is 11.6 Å². The van der Waals surface area contributed by atoms with Crippen molar-refractivity contribution >= 4 is 17.4 Å². The number of aryl methyl sites for hydroxylation is 2. The predicted octanol–water partition coefficient (Wildman–Crippen LogP) is 3.13. The Morgan fingerprint density at radius 2 is 1.95 bits per heavy atom. The van der Waals surface area contributed by atoms with E-state index in [1.165, 1.54) is 0 Å². The highest BCUT2D eigenvalue weighted by Gasteiger charge is 2.12. The second-order valence-corrected chi connectivity index (χ2v) is 4.64. The summed E-state index contributed by atoms with van der Waals surface area (Å²) in [6.45, 7) is 5.55. The molecule has 2 rings (SSSR count). The molecule has 19 heavy (non-hydrogen) atoms. The second-order valence-electron chi connectivity index (χ2n) is 4.21. The maximum absolute atomic E-state index is 5.97. The summed E-state index contributed by atoms with van der Waals surface area (Å²) in [6, 6.07) is 5.46. The van der Waals surface area contributed by atoms with Crippen LogP contribution in [-0.4, -0.2) is 9.97 Å². The van der Waals surface area contributed by atoms with Gasteiger partial charge in [-0.05, 0) is 38.5 Å². The van der Waals surface area contributed by atoms with E-state index < -0.39 is 0 Å². The molecule has 0 unspecified atom stereocenters. The molecule has 0 radical (unpaired) electrons. The standard InChI is InChI=1S/C13H15ClN4O/c1-7-4-5-10(14)6-11(7)19-13-8(2)12(18-15)16-9(3)17-13/h4-6H,15H2,1-3H3,(H,16,17,18). The molecule has 0 aliphatic carbocycles. The van der Waals surface area contributed by atoms with Gasteiger partial charge < -0.3 is 10.2 Å². The Morgan fingerprint density at radius 3 is 2.63 bits per heavy atom. The normalized spacial score (nSPS) is 10.4. The number of halogens is 1. The lowest BCUT2D eigenvalue weighted by molar-refractivity contribution is 0.453. The Hall–Kier alpha value is -1.85. The summed E-state index contributed by atoms with van der Waals surface area (Å²) in [4.78, 5) is 8.46. The molecule has 0 saturated heterocycles. The van der Waals surface area contributed by atoms with E-state index in [0.29, 0.717) is 28.3 Å². The van der Waals surface area contributed by atoms with Crippen molar-refractivity contribution in [1.82, 2.24) is 9.97 Å². The van der Waals surface area contributed by atoms with Crippen molar-refractivity contribution in [3.63, 3.8) is 0 Å². The van der Waals surface area contributed by atoms with Gasteiger partial charge in [0.2, 0.25) is 5.88 Å². The molecule has 0 aliphatic rings. The molecule has 100 valence electrons. The zero-order valence-corrected chi connectivity index (χ0v) is 11.7. The molecular formula is C13H15ClN4O. The van der Waals surface area contributed by atoms with Crippen LogP contribution >= 0.6 is 11.6 Å². The van der Waals surface area contributed by atoms with Gasteiger partial charge >= 0.3 is 0 Å². The molecule has 1 aromatic carbocycles. The topological polar surface area (TPSA) is 73.1 Å². The molecule has 0 spiro atoms. The van der Waals surface area contributed by atoms with Gasteiger partial charge in [-0.15, -0.1) is 0 Å². The minimum absolute atomic E-state index is 0.464. The molecule has 1 heterocycles. The first-order chi connectivity index (χ1) is 9.01. The number of nitrogens with zero attached hydrogens (tertiary/aromatic N) is 2. The molecule has 0 fully saturated rings. The Labute approximate surface area is 116 Å². The van der Waals surface area contributed by atoms with Crippen LogP contribution in [0.3, 0.4) is 0 Å².